The van der Waals surface area contributed by atoms with E-state index in [0.717, 1.165) is 28.8 Å². The Kier molecular flexibility index (Phi) is 6.84. The Bertz CT molecular complexity index is 1070. The monoisotopic (exact) mass is 427 g/mol. The predicted octanol–water partition coefficient (Wildman–Crippen LogP) is 6.11. The SMILES string of the molecule is C=C/C=C\C(=C/C)N1C(=O)C(=C/C)/C(=C\CC)C1(c1ccc(O)cc1)c1ccc(O)cc1. The summed E-state index contributed by atoms with van der Waals surface area (Å²) in [5.74, 6) is 0.182. The molecule has 0 radical (unpaired) electrons. The Labute approximate surface area is 189 Å². The number of carbonyl (C=O) groups excluding carboxylic acids is 1. The smallest absolute Gasteiger partial charge is 0.259 e. The van der Waals surface area contributed by atoms with Crippen LogP contribution in [0.2, 0.25) is 0 Å². The van der Waals surface area contributed by atoms with Crippen LogP contribution in [0.3, 0.4) is 0 Å². The molecule has 2 N–H and O–H groups in total. The number of amides is 1. The van der Waals surface area contributed by atoms with Crippen molar-refractivity contribution in [1.29, 1.82) is 0 Å². The van der Waals surface area contributed by atoms with Crippen LogP contribution in [0, 0.1) is 0 Å². The van der Waals surface area contributed by atoms with Crippen LogP contribution in [0.15, 0.2) is 108 Å². The zero-order valence-electron chi connectivity index (χ0n) is 18.7. The molecule has 4 heteroatoms. The zero-order chi connectivity index (χ0) is 23.3. The van der Waals surface area contributed by atoms with Crippen LogP contribution in [0.25, 0.3) is 0 Å². The van der Waals surface area contributed by atoms with Crippen LogP contribution in [-0.4, -0.2) is 21.0 Å². The number of nitrogens with zero attached hydrogens (tertiary/aromatic N) is 1. The minimum Gasteiger partial charge on any atom is -0.508 e. The van der Waals surface area contributed by atoms with Crippen molar-refractivity contribution in [1.82, 2.24) is 4.90 Å². The van der Waals surface area contributed by atoms with Crippen molar-refractivity contribution in [3.05, 3.63) is 120 Å². The zero-order valence-corrected chi connectivity index (χ0v) is 18.7. The first-order valence-electron chi connectivity index (χ1n) is 10.7. The summed E-state index contributed by atoms with van der Waals surface area (Å²) < 4.78 is 0. The molecule has 2 aromatic rings. The Morgan fingerprint density at radius 2 is 1.53 bits per heavy atom. The molecule has 1 fully saturated rings. The number of rotatable bonds is 6. The first kappa shape index (κ1) is 22.9. The molecular formula is C28H29NO3. The van der Waals surface area contributed by atoms with Crippen LogP contribution in [0.1, 0.15) is 38.3 Å². The van der Waals surface area contributed by atoms with Crippen molar-refractivity contribution < 1.29 is 15.0 Å². The lowest BCUT2D eigenvalue weighted by molar-refractivity contribution is -0.125. The van der Waals surface area contributed by atoms with E-state index < -0.39 is 5.54 Å². The number of likely N-dealkylation sites (tertiary alicyclic amines) is 1. The number of phenolic OH excluding ortho intramolecular Hbond substituents is 2. The first-order valence-corrected chi connectivity index (χ1v) is 10.7. The van der Waals surface area contributed by atoms with Gasteiger partial charge in [-0.3, -0.25) is 9.69 Å². The summed E-state index contributed by atoms with van der Waals surface area (Å²) in [7, 11) is 0. The topological polar surface area (TPSA) is 60.8 Å². The molecule has 2 aromatic carbocycles. The van der Waals surface area contributed by atoms with Gasteiger partial charge in [-0.1, -0.05) is 68.1 Å². The minimum absolute atomic E-state index is 0.116. The molecular weight excluding hydrogens is 398 g/mol. The highest BCUT2D eigenvalue weighted by atomic mass is 16.3. The maximum Gasteiger partial charge on any atom is 0.259 e. The van der Waals surface area contributed by atoms with Crippen LogP contribution in [0.4, 0.5) is 0 Å². The van der Waals surface area contributed by atoms with Crippen LogP contribution >= 0.6 is 0 Å². The highest BCUT2D eigenvalue weighted by molar-refractivity contribution is 6.05. The van der Waals surface area contributed by atoms with Crippen molar-refractivity contribution in [3.8, 4) is 11.5 Å². The van der Waals surface area contributed by atoms with Gasteiger partial charge in [0, 0.05) is 11.3 Å². The largest absolute Gasteiger partial charge is 0.508 e. The quantitative estimate of drug-likeness (QED) is 0.432. The average molecular weight is 428 g/mol. The molecule has 32 heavy (non-hydrogen) atoms. The van der Waals surface area contributed by atoms with Gasteiger partial charge in [-0.05, 0) is 67.3 Å². The third-order valence-corrected chi connectivity index (χ3v) is 5.67. The van der Waals surface area contributed by atoms with E-state index in [1.165, 1.54) is 0 Å². The van der Waals surface area contributed by atoms with Crippen molar-refractivity contribution in [2.24, 2.45) is 0 Å². The maximum atomic E-state index is 13.9. The van der Waals surface area contributed by atoms with E-state index in [4.69, 9.17) is 0 Å². The molecule has 164 valence electrons. The fourth-order valence-corrected chi connectivity index (χ4v) is 4.36. The van der Waals surface area contributed by atoms with Crippen LogP contribution in [-0.2, 0) is 10.3 Å². The second kappa shape index (κ2) is 9.56. The highest BCUT2D eigenvalue weighted by Gasteiger charge is 2.55. The molecule has 0 aromatic heterocycles. The van der Waals surface area contributed by atoms with Gasteiger partial charge in [0.15, 0.2) is 0 Å². The van der Waals surface area contributed by atoms with Gasteiger partial charge in [-0.2, -0.15) is 0 Å². The molecule has 1 saturated heterocycles. The maximum absolute atomic E-state index is 13.9. The molecule has 1 heterocycles. The summed E-state index contributed by atoms with van der Waals surface area (Å²) in [5, 5.41) is 19.9. The lowest BCUT2D eigenvalue weighted by atomic mass is 9.75. The minimum atomic E-state index is -0.982. The van der Waals surface area contributed by atoms with Gasteiger partial charge in [-0.25, -0.2) is 0 Å². The van der Waals surface area contributed by atoms with Crippen LogP contribution < -0.4 is 0 Å². The fourth-order valence-electron chi connectivity index (χ4n) is 4.36. The van der Waals surface area contributed by atoms with Gasteiger partial charge >= 0.3 is 0 Å². The summed E-state index contributed by atoms with van der Waals surface area (Å²) >= 11 is 0. The van der Waals surface area contributed by atoms with E-state index in [2.05, 4.69) is 12.7 Å². The fraction of sp³-hybridized carbons (Fsp3) is 0.179. The normalized spacial score (nSPS) is 18.8. The summed E-state index contributed by atoms with van der Waals surface area (Å²) in [5.41, 5.74) is 2.89. The molecule has 0 atom stereocenters. The van der Waals surface area contributed by atoms with Gasteiger partial charge in [0.05, 0.1) is 0 Å². The molecule has 0 saturated carbocycles. The molecule has 1 aliphatic heterocycles. The summed E-state index contributed by atoms with van der Waals surface area (Å²) in [6.45, 7) is 9.57. The lowest BCUT2D eigenvalue weighted by Gasteiger charge is -2.41. The Balaban J connectivity index is 2.51. The van der Waals surface area contributed by atoms with Crippen molar-refractivity contribution >= 4 is 5.91 Å². The number of hydrogen-bond donors (Lipinski definition) is 2. The second-order valence-electron chi connectivity index (χ2n) is 7.48. The third kappa shape index (κ3) is 3.69. The number of hydrogen-bond acceptors (Lipinski definition) is 3. The summed E-state index contributed by atoms with van der Waals surface area (Å²) in [6.07, 6.45) is 11.9. The van der Waals surface area contributed by atoms with E-state index in [9.17, 15) is 15.0 Å². The van der Waals surface area contributed by atoms with E-state index >= 15 is 0 Å². The van der Waals surface area contributed by atoms with Gasteiger partial charge in [0.25, 0.3) is 5.91 Å². The second-order valence-corrected chi connectivity index (χ2v) is 7.48. The van der Waals surface area contributed by atoms with Crippen molar-refractivity contribution in [3.63, 3.8) is 0 Å². The number of carbonyl (C=O) groups is 1. The Morgan fingerprint density at radius 1 is 1.00 bits per heavy atom. The molecule has 4 nitrogen and oxygen atoms in total. The highest BCUT2D eigenvalue weighted by Crippen LogP contribution is 2.53. The number of allylic oxidation sites excluding steroid dienone is 6. The van der Waals surface area contributed by atoms with Gasteiger partial charge in [0.2, 0.25) is 0 Å². The van der Waals surface area contributed by atoms with E-state index in [-0.39, 0.29) is 17.4 Å². The summed E-state index contributed by atoms with van der Waals surface area (Å²) in [4.78, 5) is 15.7. The molecule has 1 aliphatic rings. The number of aromatic hydroxyl groups is 2. The van der Waals surface area contributed by atoms with E-state index in [0.29, 0.717) is 5.57 Å². The number of phenols is 2. The van der Waals surface area contributed by atoms with Gasteiger partial charge < -0.3 is 10.2 Å². The van der Waals surface area contributed by atoms with Crippen molar-refractivity contribution in [2.75, 3.05) is 0 Å². The van der Waals surface area contributed by atoms with Crippen LogP contribution in [0.5, 0.6) is 11.5 Å². The lowest BCUT2D eigenvalue weighted by Crippen LogP contribution is -2.44. The molecule has 0 spiro atoms. The van der Waals surface area contributed by atoms with Gasteiger partial charge in [-0.15, -0.1) is 0 Å². The first-order chi connectivity index (χ1) is 15.4. The third-order valence-electron chi connectivity index (χ3n) is 5.67. The molecule has 0 bridgehead atoms. The van der Waals surface area contributed by atoms with Crippen molar-refractivity contribution in [2.45, 2.75) is 32.7 Å². The predicted molar refractivity (Wildman–Crippen MR) is 129 cm³/mol. The number of benzene rings is 2. The Morgan fingerprint density at radius 3 is 1.94 bits per heavy atom. The van der Waals surface area contributed by atoms with E-state index in [1.54, 1.807) is 41.3 Å². The molecule has 0 aliphatic carbocycles. The molecule has 1 amide bonds. The van der Waals surface area contributed by atoms with Gasteiger partial charge in [0.1, 0.15) is 17.0 Å². The standard InChI is InChI=1S/C28H29NO3/c1-5-9-11-22(7-3)29-27(32)25(8-4)26(10-6-2)28(29,20-12-16-23(30)17-13-20)21-14-18-24(31)19-15-21/h5,7-19,30-31H,1,6H2,2-4H3/b11-9-,22-7+,25-8+,26-10+. The summed E-state index contributed by atoms with van der Waals surface area (Å²) in [6, 6.07) is 13.9. The molecule has 0 unspecified atom stereocenters. The average Bonchev–Trinajstić information content (AvgIpc) is 3.04. The molecule has 3 rings (SSSR count). The Hall–Kier alpha value is -3.79. The van der Waals surface area contributed by atoms with E-state index in [1.807, 2.05) is 63.3 Å².